The van der Waals surface area contributed by atoms with Gasteiger partial charge in [0, 0.05) is 12.1 Å². The van der Waals surface area contributed by atoms with Gasteiger partial charge >= 0.3 is 0 Å². The molecule has 1 aromatic heterocycles. The lowest BCUT2D eigenvalue weighted by atomic mass is 9.96. The molecule has 0 amide bonds. The fraction of sp³-hybridized carbons (Fsp3) is 0.214. The largest absolute Gasteiger partial charge is 0.398 e. The number of hydrogen-bond acceptors (Lipinski definition) is 2. The zero-order chi connectivity index (χ0) is 11.8. The summed E-state index contributed by atoms with van der Waals surface area (Å²) in [6.07, 6.45) is 4.05. The molecule has 2 nitrogen and oxygen atoms in total. The Labute approximate surface area is 105 Å². The second-order valence-corrected chi connectivity index (χ2v) is 4.83. The van der Waals surface area contributed by atoms with E-state index >= 15 is 0 Å². The first-order valence-electron chi connectivity index (χ1n) is 5.74. The SMILES string of the molecule is Nc1ccc(C2CCc3cccnc32)cc1Cl. The van der Waals surface area contributed by atoms with Crippen LogP contribution in [0.1, 0.15) is 29.2 Å². The van der Waals surface area contributed by atoms with Crippen LogP contribution in [0.2, 0.25) is 5.02 Å². The van der Waals surface area contributed by atoms with Gasteiger partial charge in [-0.3, -0.25) is 4.98 Å². The van der Waals surface area contributed by atoms with Crippen molar-refractivity contribution >= 4 is 17.3 Å². The summed E-state index contributed by atoms with van der Waals surface area (Å²) in [7, 11) is 0. The highest BCUT2D eigenvalue weighted by Gasteiger charge is 2.25. The van der Waals surface area contributed by atoms with E-state index in [0.29, 0.717) is 16.6 Å². The smallest absolute Gasteiger partial charge is 0.0638 e. The van der Waals surface area contributed by atoms with E-state index < -0.39 is 0 Å². The van der Waals surface area contributed by atoms with Crippen LogP contribution in [0.25, 0.3) is 0 Å². The molecular weight excluding hydrogens is 232 g/mol. The Bertz CT molecular complexity index is 566. The molecule has 2 N–H and O–H groups in total. The van der Waals surface area contributed by atoms with E-state index in [1.165, 1.54) is 16.8 Å². The van der Waals surface area contributed by atoms with Crippen molar-refractivity contribution in [1.82, 2.24) is 4.98 Å². The molecule has 3 heteroatoms. The Morgan fingerprint density at radius 1 is 1.29 bits per heavy atom. The lowest BCUT2D eigenvalue weighted by Gasteiger charge is -2.12. The molecule has 0 spiro atoms. The molecule has 3 rings (SSSR count). The first-order chi connectivity index (χ1) is 8.25. The first kappa shape index (κ1) is 10.6. The predicted octanol–water partition coefficient (Wildman–Crippen LogP) is 3.40. The maximum absolute atomic E-state index is 6.07. The number of nitrogens with zero attached hydrogens (tertiary/aromatic N) is 1. The van der Waals surface area contributed by atoms with Crippen molar-refractivity contribution in [3.8, 4) is 0 Å². The van der Waals surface area contributed by atoms with Gasteiger partial charge in [0.2, 0.25) is 0 Å². The highest BCUT2D eigenvalue weighted by atomic mass is 35.5. The molecule has 86 valence electrons. The van der Waals surface area contributed by atoms with Crippen LogP contribution in [0.5, 0.6) is 0 Å². The van der Waals surface area contributed by atoms with E-state index in [1.807, 2.05) is 24.4 Å². The van der Waals surface area contributed by atoms with Crippen LogP contribution in [0, 0.1) is 0 Å². The van der Waals surface area contributed by atoms with Gasteiger partial charge in [-0.2, -0.15) is 0 Å². The van der Waals surface area contributed by atoms with Crippen LogP contribution in [0.4, 0.5) is 5.69 Å². The molecule has 1 aliphatic carbocycles. The topological polar surface area (TPSA) is 38.9 Å². The van der Waals surface area contributed by atoms with Crippen LogP contribution >= 0.6 is 11.6 Å². The summed E-state index contributed by atoms with van der Waals surface area (Å²) >= 11 is 6.07. The van der Waals surface area contributed by atoms with E-state index in [4.69, 9.17) is 17.3 Å². The number of hydrogen-bond donors (Lipinski definition) is 1. The molecule has 1 aliphatic rings. The van der Waals surface area contributed by atoms with Crippen LogP contribution in [-0.2, 0) is 6.42 Å². The van der Waals surface area contributed by atoms with Gasteiger partial charge in [-0.1, -0.05) is 23.7 Å². The standard InChI is InChI=1S/C14H13ClN2/c15-12-8-10(4-6-13(12)16)11-5-3-9-2-1-7-17-14(9)11/h1-2,4,6-8,11H,3,5,16H2. The number of fused-ring (bicyclic) bond motifs is 1. The quantitative estimate of drug-likeness (QED) is 0.781. The highest BCUT2D eigenvalue weighted by Crippen LogP contribution is 2.37. The van der Waals surface area contributed by atoms with Crippen molar-refractivity contribution in [3.05, 3.63) is 58.4 Å². The van der Waals surface area contributed by atoms with Crippen LogP contribution in [0.15, 0.2) is 36.5 Å². The number of rotatable bonds is 1. The molecule has 0 aliphatic heterocycles. The number of nitrogens with two attached hydrogens (primary N) is 1. The van der Waals surface area contributed by atoms with Crippen molar-refractivity contribution in [2.75, 3.05) is 5.73 Å². The van der Waals surface area contributed by atoms with Gasteiger partial charge in [0.15, 0.2) is 0 Å². The molecule has 17 heavy (non-hydrogen) atoms. The maximum Gasteiger partial charge on any atom is 0.0638 e. The van der Waals surface area contributed by atoms with Gasteiger partial charge in [0.05, 0.1) is 16.4 Å². The van der Waals surface area contributed by atoms with Crippen molar-refractivity contribution in [2.24, 2.45) is 0 Å². The second kappa shape index (κ2) is 4.04. The van der Waals surface area contributed by atoms with Crippen molar-refractivity contribution < 1.29 is 0 Å². The molecule has 1 atom stereocenters. The van der Waals surface area contributed by atoms with Gasteiger partial charge in [-0.15, -0.1) is 0 Å². The summed E-state index contributed by atoms with van der Waals surface area (Å²) in [6, 6.07) is 10.0. The Morgan fingerprint density at radius 2 is 2.18 bits per heavy atom. The van der Waals surface area contributed by atoms with Crippen molar-refractivity contribution in [2.45, 2.75) is 18.8 Å². The Kier molecular flexibility index (Phi) is 2.52. The number of nitrogen functional groups attached to an aromatic ring is 1. The van der Waals surface area contributed by atoms with E-state index in [2.05, 4.69) is 17.1 Å². The predicted molar refractivity (Wildman–Crippen MR) is 70.3 cm³/mol. The van der Waals surface area contributed by atoms with E-state index in [1.54, 1.807) is 0 Å². The fourth-order valence-electron chi connectivity index (χ4n) is 2.50. The summed E-state index contributed by atoms with van der Waals surface area (Å²) in [5, 5.41) is 0.631. The summed E-state index contributed by atoms with van der Waals surface area (Å²) < 4.78 is 0. The second-order valence-electron chi connectivity index (χ2n) is 4.42. The third kappa shape index (κ3) is 1.79. The molecular formula is C14H13ClN2. The molecule has 0 fully saturated rings. The van der Waals surface area contributed by atoms with Crippen LogP contribution < -0.4 is 5.73 Å². The lowest BCUT2D eigenvalue weighted by molar-refractivity contribution is 0.772. The first-order valence-corrected chi connectivity index (χ1v) is 6.12. The average molecular weight is 245 g/mol. The minimum absolute atomic E-state index is 0.365. The lowest BCUT2D eigenvalue weighted by Crippen LogP contribution is -1.99. The summed E-state index contributed by atoms with van der Waals surface area (Å²) in [5.74, 6) is 0.365. The van der Waals surface area contributed by atoms with E-state index in [0.717, 1.165) is 12.8 Å². The molecule has 2 aromatic rings. The van der Waals surface area contributed by atoms with E-state index in [-0.39, 0.29) is 0 Å². The minimum atomic E-state index is 0.365. The third-order valence-electron chi connectivity index (χ3n) is 3.39. The Balaban J connectivity index is 2.04. The third-order valence-corrected chi connectivity index (χ3v) is 3.71. The molecule has 0 radical (unpaired) electrons. The molecule has 1 aromatic carbocycles. The van der Waals surface area contributed by atoms with Gasteiger partial charge in [-0.05, 0) is 42.2 Å². The van der Waals surface area contributed by atoms with Gasteiger partial charge in [0.25, 0.3) is 0 Å². The zero-order valence-electron chi connectivity index (χ0n) is 9.36. The number of anilines is 1. The number of benzene rings is 1. The molecule has 0 bridgehead atoms. The summed E-state index contributed by atoms with van der Waals surface area (Å²) in [5.41, 5.74) is 10.1. The molecule has 0 saturated carbocycles. The molecule has 1 heterocycles. The van der Waals surface area contributed by atoms with Crippen molar-refractivity contribution in [3.63, 3.8) is 0 Å². The van der Waals surface area contributed by atoms with Gasteiger partial charge in [0.1, 0.15) is 0 Å². The highest BCUT2D eigenvalue weighted by molar-refractivity contribution is 6.33. The fourth-order valence-corrected chi connectivity index (χ4v) is 2.69. The monoisotopic (exact) mass is 244 g/mol. The van der Waals surface area contributed by atoms with Crippen LogP contribution in [-0.4, -0.2) is 4.98 Å². The zero-order valence-corrected chi connectivity index (χ0v) is 10.1. The molecule has 0 saturated heterocycles. The van der Waals surface area contributed by atoms with Gasteiger partial charge < -0.3 is 5.73 Å². The molecule has 1 unspecified atom stereocenters. The van der Waals surface area contributed by atoms with Gasteiger partial charge in [-0.25, -0.2) is 0 Å². The Hall–Kier alpha value is -1.54. The number of pyridine rings is 1. The maximum atomic E-state index is 6.07. The average Bonchev–Trinajstić information content (AvgIpc) is 2.76. The number of halogens is 1. The number of aromatic nitrogens is 1. The van der Waals surface area contributed by atoms with E-state index in [9.17, 15) is 0 Å². The van der Waals surface area contributed by atoms with Crippen molar-refractivity contribution in [1.29, 1.82) is 0 Å². The normalized spacial score (nSPS) is 18.1. The Morgan fingerprint density at radius 3 is 3.00 bits per heavy atom. The summed E-state index contributed by atoms with van der Waals surface area (Å²) in [4.78, 5) is 4.49. The van der Waals surface area contributed by atoms with Crippen LogP contribution in [0.3, 0.4) is 0 Å². The summed E-state index contributed by atoms with van der Waals surface area (Å²) in [6.45, 7) is 0. The minimum Gasteiger partial charge on any atom is -0.398 e. The number of aryl methyl sites for hydroxylation is 1.